The van der Waals surface area contributed by atoms with Crippen molar-refractivity contribution in [2.45, 2.75) is 77.7 Å². The summed E-state index contributed by atoms with van der Waals surface area (Å²) in [6, 6.07) is 9.69. The Morgan fingerprint density at radius 3 is 2.41 bits per heavy atom. The zero-order valence-electron chi connectivity index (χ0n) is 23.8. The maximum Gasteiger partial charge on any atom is 0.303 e. The molecule has 214 valence electrons. The fraction of sp³-hybridized carbons (Fsp3) is 0.548. The Kier molecular flexibility index (Phi) is 9.93. The predicted molar refractivity (Wildman–Crippen MR) is 148 cm³/mol. The van der Waals surface area contributed by atoms with Crippen molar-refractivity contribution in [2.24, 2.45) is 23.2 Å². The number of hydrogen-bond acceptors (Lipinski definition) is 7. The van der Waals surface area contributed by atoms with Crippen LogP contribution in [0, 0.1) is 23.2 Å². The summed E-state index contributed by atoms with van der Waals surface area (Å²) >= 11 is 0. The van der Waals surface area contributed by atoms with Gasteiger partial charge in [-0.25, -0.2) is 4.89 Å². The molecule has 1 heterocycles. The number of esters is 1. The topological polar surface area (TPSA) is 125 Å². The Hall–Kier alpha value is -2.78. The molecule has 1 aromatic rings. The fourth-order valence-corrected chi connectivity index (χ4v) is 6.88. The van der Waals surface area contributed by atoms with Crippen LogP contribution in [0.2, 0.25) is 0 Å². The highest BCUT2D eigenvalue weighted by Gasteiger charge is 2.67. The minimum Gasteiger partial charge on any atom is -0.457 e. The zero-order chi connectivity index (χ0) is 29.0. The molecule has 8 heteroatoms. The first-order valence-corrected chi connectivity index (χ1v) is 13.5. The lowest BCUT2D eigenvalue weighted by Gasteiger charge is -2.49. The van der Waals surface area contributed by atoms with E-state index in [0.29, 0.717) is 19.3 Å². The van der Waals surface area contributed by atoms with Crippen molar-refractivity contribution in [1.82, 2.24) is 5.32 Å². The summed E-state index contributed by atoms with van der Waals surface area (Å²) in [6.45, 7) is 8.99. The van der Waals surface area contributed by atoms with Gasteiger partial charge in [0.15, 0.2) is 0 Å². The molecule has 0 saturated carbocycles. The largest absolute Gasteiger partial charge is 0.457 e. The van der Waals surface area contributed by atoms with Crippen LogP contribution in [0.15, 0.2) is 65.8 Å². The molecule has 1 aliphatic heterocycles. The second-order valence-electron chi connectivity index (χ2n) is 11.3. The molecule has 39 heavy (non-hydrogen) atoms. The summed E-state index contributed by atoms with van der Waals surface area (Å²) in [5.74, 6) is -1.59. The van der Waals surface area contributed by atoms with Gasteiger partial charge in [-0.15, -0.1) is 0 Å². The van der Waals surface area contributed by atoms with Crippen molar-refractivity contribution >= 4 is 11.9 Å². The Morgan fingerprint density at radius 2 is 1.79 bits per heavy atom. The van der Waals surface area contributed by atoms with Crippen LogP contribution in [0.1, 0.15) is 53.0 Å². The van der Waals surface area contributed by atoms with Crippen LogP contribution in [-0.4, -0.2) is 58.3 Å². The summed E-state index contributed by atoms with van der Waals surface area (Å²) < 4.78 is 5.91. The van der Waals surface area contributed by atoms with Crippen molar-refractivity contribution in [1.29, 1.82) is 0 Å². The quantitative estimate of drug-likeness (QED) is 0.197. The van der Waals surface area contributed by atoms with E-state index in [9.17, 15) is 20.0 Å². The van der Waals surface area contributed by atoms with Gasteiger partial charge >= 0.3 is 5.97 Å². The smallest absolute Gasteiger partial charge is 0.303 e. The van der Waals surface area contributed by atoms with E-state index in [1.807, 2.05) is 56.3 Å². The van der Waals surface area contributed by atoms with Crippen molar-refractivity contribution in [3.05, 3.63) is 71.3 Å². The van der Waals surface area contributed by atoms with E-state index in [-0.39, 0.29) is 23.8 Å². The minimum atomic E-state index is -1.29. The SMILES string of the molecule is CC(=O)O[C@@H]1/C=C/[C@](C)(O)C[C@@H](C)C/C=C/[C@H]2[C@H](OO)C(C)=C(C)[C@H]3[C@H](Cc4ccccc4)NC(=O)[C@@]123.CO. The maximum atomic E-state index is 14.3. The van der Waals surface area contributed by atoms with Gasteiger partial charge in [0, 0.05) is 31.9 Å². The van der Waals surface area contributed by atoms with Gasteiger partial charge in [-0.2, -0.15) is 0 Å². The number of aliphatic hydroxyl groups is 2. The van der Waals surface area contributed by atoms with Crippen LogP contribution in [0.5, 0.6) is 0 Å². The van der Waals surface area contributed by atoms with Gasteiger partial charge in [0.2, 0.25) is 5.91 Å². The molecule has 0 aromatic heterocycles. The average Bonchev–Trinajstić information content (AvgIpc) is 3.17. The molecule has 1 amide bonds. The Labute approximate surface area is 231 Å². The van der Waals surface area contributed by atoms with Gasteiger partial charge in [-0.1, -0.05) is 61.1 Å². The average molecular weight is 542 g/mol. The molecule has 1 saturated heterocycles. The molecule has 0 bridgehead atoms. The standard InChI is InChI=1S/C30H39NO6.CH4O/c1-18-10-9-13-23-27(37-35)20(3)19(2)26-24(16-22-11-7-6-8-12-22)31-28(33)30(23,26)25(36-21(4)32)14-15-29(5,34)17-18;1-2/h6-9,11-15,18,23-27,34-35H,10,16-17H2,1-5H3,(H,31,33);2H,1H3/b13-9+,15-14+;/t18-,23-,24-,25+,26-,27+,29-,30+;/m0./s1. The van der Waals surface area contributed by atoms with Gasteiger partial charge in [-0.05, 0) is 63.2 Å². The third-order valence-electron chi connectivity index (χ3n) is 8.47. The lowest BCUT2D eigenvalue weighted by molar-refractivity contribution is -0.288. The molecule has 3 aliphatic rings. The van der Waals surface area contributed by atoms with E-state index in [1.54, 1.807) is 19.1 Å². The van der Waals surface area contributed by atoms with Gasteiger partial charge < -0.3 is 20.3 Å². The summed E-state index contributed by atoms with van der Waals surface area (Å²) in [6.07, 6.45) is 7.24. The Balaban J connectivity index is 0.00000205. The predicted octanol–water partition coefficient (Wildman–Crippen LogP) is 3.99. The first kappa shape index (κ1) is 30.8. The van der Waals surface area contributed by atoms with E-state index in [4.69, 9.17) is 14.7 Å². The van der Waals surface area contributed by atoms with Gasteiger partial charge in [0.25, 0.3) is 0 Å². The molecular formula is C31H43NO7. The van der Waals surface area contributed by atoms with Crippen molar-refractivity contribution in [3.63, 3.8) is 0 Å². The van der Waals surface area contributed by atoms with Crippen molar-refractivity contribution in [3.8, 4) is 0 Å². The lowest BCUT2D eigenvalue weighted by Crippen LogP contribution is -2.58. The van der Waals surface area contributed by atoms with Crippen molar-refractivity contribution in [2.75, 3.05) is 7.11 Å². The summed E-state index contributed by atoms with van der Waals surface area (Å²) in [5.41, 5.74) is 0.407. The molecule has 0 radical (unpaired) electrons. The number of aliphatic hydroxyl groups excluding tert-OH is 1. The third-order valence-corrected chi connectivity index (χ3v) is 8.47. The van der Waals surface area contributed by atoms with E-state index in [1.165, 1.54) is 6.92 Å². The van der Waals surface area contributed by atoms with Gasteiger partial charge in [-0.3, -0.25) is 14.8 Å². The molecule has 8 atom stereocenters. The Bertz CT molecular complexity index is 1110. The molecule has 1 aromatic carbocycles. The van der Waals surface area contributed by atoms with Crippen LogP contribution in [0.25, 0.3) is 0 Å². The minimum absolute atomic E-state index is 0.159. The number of ether oxygens (including phenoxy) is 1. The fourth-order valence-electron chi connectivity index (χ4n) is 6.88. The molecular weight excluding hydrogens is 498 g/mol. The molecule has 1 spiro atoms. The molecule has 4 N–H and O–H groups in total. The van der Waals surface area contributed by atoms with Crippen LogP contribution in [-0.2, 0) is 25.6 Å². The maximum absolute atomic E-state index is 14.3. The summed E-state index contributed by atoms with van der Waals surface area (Å²) in [7, 11) is 1.00. The molecule has 4 rings (SSSR count). The number of nitrogens with one attached hydrogen (secondary N) is 1. The van der Waals surface area contributed by atoms with E-state index in [2.05, 4.69) is 12.2 Å². The highest BCUT2D eigenvalue weighted by molar-refractivity contribution is 5.89. The normalized spacial score (nSPS) is 37.7. The highest BCUT2D eigenvalue weighted by atomic mass is 17.1. The second-order valence-corrected chi connectivity index (χ2v) is 11.3. The van der Waals surface area contributed by atoms with E-state index in [0.717, 1.165) is 23.8 Å². The number of carbonyl (C=O) groups excluding carboxylic acids is 2. The van der Waals surface area contributed by atoms with Crippen LogP contribution in [0.4, 0.5) is 0 Å². The zero-order valence-corrected chi connectivity index (χ0v) is 23.8. The van der Waals surface area contributed by atoms with E-state index < -0.39 is 35.1 Å². The summed E-state index contributed by atoms with van der Waals surface area (Å²) in [4.78, 5) is 31.7. The molecule has 2 aliphatic carbocycles. The van der Waals surface area contributed by atoms with Crippen molar-refractivity contribution < 1.29 is 34.7 Å². The van der Waals surface area contributed by atoms with Gasteiger partial charge in [0.05, 0.1) is 5.60 Å². The second kappa shape index (κ2) is 12.6. The third kappa shape index (κ3) is 6.04. The number of rotatable bonds is 4. The first-order valence-electron chi connectivity index (χ1n) is 13.5. The van der Waals surface area contributed by atoms with Crippen LogP contribution >= 0.6 is 0 Å². The Morgan fingerprint density at radius 1 is 1.13 bits per heavy atom. The molecule has 1 fully saturated rings. The number of carbonyl (C=O) groups is 2. The number of hydrogen-bond donors (Lipinski definition) is 4. The lowest BCUT2D eigenvalue weighted by atomic mass is 9.54. The van der Waals surface area contributed by atoms with Gasteiger partial charge in [0.1, 0.15) is 17.6 Å². The number of benzene rings is 1. The van der Waals surface area contributed by atoms with Crippen LogP contribution < -0.4 is 5.32 Å². The molecule has 0 unspecified atom stereocenters. The summed E-state index contributed by atoms with van der Waals surface area (Å²) in [5, 5.41) is 31.5. The number of amides is 1. The highest BCUT2D eigenvalue weighted by Crippen LogP contribution is 2.57. The molecule has 8 nitrogen and oxygen atoms in total. The monoisotopic (exact) mass is 541 g/mol. The first-order chi connectivity index (χ1) is 18.5. The van der Waals surface area contributed by atoms with Crippen LogP contribution in [0.3, 0.4) is 0 Å². The van der Waals surface area contributed by atoms with E-state index >= 15 is 0 Å². The number of allylic oxidation sites excluding steroid dienone is 1.